The monoisotopic (exact) mass is 384 g/mol. The molecule has 0 radical (unpaired) electrons. The van der Waals surface area contributed by atoms with Crippen molar-refractivity contribution >= 4 is 23.0 Å². The molecule has 0 aliphatic rings. The lowest BCUT2D eigenvalue weighted by Gasteiger charge is -2.05. The first-order valence-electron chi connectivity index (χ1n) is 9.08. The summed E-state index contributed by atoms with van der Waals surface area (Å²) in [4.78, 5) is 8.67. The summed E-state index contributed by atoms with van der Waals surface area (Å²) in [5.41, 5.74) is 15.8. The van der Waals surface area contributed by atoms with Crippen molar-refractivity contribution in [2.75, 3.05) is 11.5 Å². The lowest BCUT2D eigenvalue weighted by molar-refractivity contribution is 0.666. The van der Waals surface area contributed by atoms with Gasteiger partial charge in [-0.25, -0.2) is 9.97 Å². The van der Waals surface area contributed by atoms with E-state index in [-0.39, 0.29) is 17.3 Å². The summed E-state index contributed by atoms with van der Waals surface area (Å²) in [6, 6.07) is 21.3. The standard InChI is InChI=1S/C21H20N8/c1-14-12-17(28-29(14)13-15-8-4-2-5-9-15)21-24-19(22)18(20(23)25-21)27-26-16-10-6-3-7-11-16/h2-12H,13H2,1H3,(H4,22,23,24,25)/b27-26+. The van der Waals surface area contributed by atoms with Crippen molar-refractivity contribution < 1.29 is 0 Å². The van der Waals surface area contributed by atoms with Crippen molar-refractivity contribution in [1.29, 1.82) is 0 Å². The van der Waals surface area contributed by atoms with Gasteiger partial charge in [0.2, 0.25) is 0 Å². The highest BCUT2D eigenvalue weighted by molar-refractivity contribution is 5.73. The van der Waals surface area contributed by atoms with Crippen LogP contribution in [0, 0.1) is 6.92 Å². The van der Waals surface area contributed by atoms with Crippen molar-refractivity contribution in [3.05, 3.63) is 78.0 Å². The molecule has 8 nitrogen and oxygen atoms in total. The van der Waals surface area contributed by atoms with Gasteiger partial charge in [-0.2, -0.15) is 10.2 Å². The third kappa shape index (κ3) is 4.11. The first kappa shape index (κ1) is 18.3. The summed E-state index contributed by atoms with van der Waals surface area (Å²) in [6.07, 6.45) is 0. The number of nitrogens with two attached hydrogens (primary N) is 2. The second-order valence-corrected chi connectivity index (χ2v) is 6.52. The number of aromatic nitrogens is 4. The van der Waals surface area contributed by atoms with Crippen LogP contribution in [0.4, 0.5) is 23.0 Å². The minimum Gasteiger partial charge on any atom is -0.382 e. The molecule has 0 saturated heterocycles. The van der Waals surface area contributed by atoms with Gasteiger partial charge in [-0.1, -0.05) is 48.5 Å². The fourth-order valence-electron chi connectivity index (χ4n) is 2.85. The molecule has 29 heavy (non-hydrogen) atoms. The van der Waals surface area contributed by atoms with Crippen molar-refractivity contribution in [2.24, 2.45) is 10.2 Å². The molecule has 0 bridgehead atoms. The number of anilines is 2. The van der Waals surface area contributed by atoms with E-state index in [2.05, 4.69) is 37.4 Å². The number of aryl methyl sites for hydroxylation is 1. The van der Waals surface area contributed by atoms with Gasteiger partial charge in [0.15, 0.2) is 23.1 Å². The van der Waals surface area contributed by atoms with E-state index in [4.69, 9.17) is 11.5 Å². The van der Waals surface area contributed by atoms with E-state index in [1.165, 1.54) is 0 Å². The molecule has 0 amide bonds. The van der Waals surface area contributed by atoms with Gasteiger partial charge >= 0.3 is 0 Å². The first-order valence-corrected chi connectivity index (χ1v) is 9.08. The minimum absolute atomic E-state index is 0.155. The van der Waals surface area contributed by atoms with Gasteiger partial charge in [-0.3, -0.25) is 4.68 Å². The van der Waals surface area contributed by atoms with Crippen LogP contribution in [-0.2, 0) is 6.54 Å². The number of rotatable bonds is 5. The van der Waals surface area contributed by atoms with E-state index in [9.17, 15) is 0 Å². The molecule has 2 aromatic carbocycles. The zero-order valence-electron chi connectivity index (χ0n) is 15.9. The summed E-state index contributed by atoms with van der Waals surface area (Å²) in [5, 5.41) is 12.9. The van der Waals surface area contributed by atoms with E-state index < -0.39 is 0 Å². The molecular weight excluding hydrogens is 364 g/mol. The summed E-state index contributed by atoms with van der Waals surface area (Å²) in [7, 11) is 0. The maximum atomic E-state index is 6.07. The van der Waals surface area contributed by atoms with Crippen LogP contribution in [0.5, 0.6) is 0 Å². The molecule has 4 rings (SSSR count). The Hall–Kier alpha value is -4.07. The fourth-order valence-corrected chi connectivity index (χ4v) is 2.85. The smallest absolute Gasteiger partial charge is 0.184 e. The highest BCUT2D eigenvalue weighted by atomic mass is 15.3. The van der Waals surface area contributed by atoms with E-state index in [1.807, 2.05) is 66.2 Å². The van der Waals surface area contributed by atoms with Gasteiger partial charge in [0.05, 0.1) is 12.2 Å². The highest BCUT2D eigenvalue weighted by Gasteiger charge is 2.15. The van der Waals surface area contributed by atoms with Gasteiger partial charge in [0, 0.05) is 5.69 Å². The second-order valence-electron chi connectivity index (χ2n) is 6.52. The molecule has 4 N–H and O–H groups in total. The molecule has 0 spiro atoms. The molecule has 0 atom stereocenters. The minimum atomic E-state index is 0.155. The van der Waals surface area contributed by atoms with Gasteiger partial charge in [0.1, 0.15) is 5.69 Å². The summed E-state index contributed by atoms with van der Waals surface area (Å²) in [5.74, 6) is 0.665. The lowest BCUT2D eigenvalue weighted by Crippen LogP contribution is -2.05. The Morgan fingerprint density at radius 2 is 1.48 bits per heavy atom. The topological polar surface area (TPSA) is 120 Å². The molecule has 2 heterocycles. The van der Waals surface area contributed by atoms with Crippen LogP contribution in [-0.4, -0.2) is 19.7 Å². The van der Waals surface area contributed by atoms with Crippen LogP contribution in [0.1, 0.15) is 11.3 Å². The Balaban J connectivity index is 1.61. The van der Waals surface area contributed by atoms with Crippen LogP contribution in [0.25, 0.3) is 11.5 Å². The largest absolute Gasteiger partial charge is 0.382 e. The van der Waals surface area contributed by atoms with Gasteiger partial charge in [-0.15, -0.1) is 5.11 Å². The van der Waals surface area contributed by atoms with Crippen molar-refractivity contribution in [3.8, 4) is 11.5 Å². The molecule has 8 heteroatoms. The van der Waals surface area contributed by atoms with E-state index in [0.717, 1.165) is 11.3 Å². The highest BCUT2D eigenvalue weighted by Crippen LogP contribution is 2.30. The lowest BCUT2D eigenvalue weighted by atomic mass is 10.2. The van der Waals surface area contributed by atoms with Crippen molar-refractivity contribution in [1.82, 2.24) is 19.7 Å². The fraction of sp³-hybridized carbons (Fsp3) is 0.0952. The Morgan fingerprint density at radius 3 is 2.14 bits per heavy atom. The van der Waals surface area contributed by atoms with Crippen molar-refractivity contribution in [2.45, 2.75) is 13.5 Å². The zero-order valence-corrected chi connectivity index (χ0v) is 15.9. The van der Waals surface area contributed by atoms with Gasteiger partial charge in [0.25, 0.3) is 0 Å². The third-order valence-electron chi connectivity index (χ3n) is 4.35. The number of hydrogen-bond acceptors (Lipinski definition) is 7. The molecule has 0 aliphatic carbocycles. The van der Waals surface area contributed by atoms with Crippen LogP contribution >= 0.6 is 0 Å². The Kier molecular flexibility index (Phi) is 4.98. The summed E-state index contributed by atoms with van der Waals surface area (Å²) < 4.78 is 1.89. The van der Waals surface area contributed by atoms with Gasteiger partial charge in [-0.05, 0) is 30.7 Å². The molecule has 4 aromatic rings. The molecular formula is C21H20N8. The number of nitrogen functional groups attached to an aromatic ring is 2. The van der Waals surface area contributed by atoms with Crippen LogP contribution < -0.4 is 11.5 Å². The molecule has 0 fully saturated rings. The molecule has 0 aliphatic heterocycles. The number of benzene rings is 2. The summed E-state index contributed by atoms with van der Waals surface area (Å²) in [6.45, 7) is 2.63. The summed E-state index contributed by atoms with van der Waals surface area (Å²) >= 11 is 0. The predicted molar refractivity (Wildman–Crippen MR) is 113 cm³/mol. The molecule has 2 aromatic heterocycles. The quantitative estimate of drug-likeness (QED) is 0.498. The average molecular weight is 384 g/mol. The maximum Gasteiger partial charge on any atom is 0.184 e. The number of azo groups is 1. The Bertz CT molecular complexity index is 1130. The predicted octanol–water partition coefficient (Wildman–Crippen LogP) is 4.28. The number of nitrogens with zero attached hydrogens (tertiary/aromatic N) is 6. The Labute approximate surface area is 168 Å². The average Bonchev–Trinajstić information content (AvgIpc) is 3.09. The third-order valence-corrected chi connectivity index (χ3v) is 4.35. The van der Waals surface area contributed by atoms with E-state index in [1.54, 1.807) is 0 Å². The molecule has 0 saturated carbocycles. The zero-order chi connectivity index (χ0) is 20.2. The second kappa shape index (κ2) is 7.89. The van der Waals surface area contributed by atoms with Gasteiger partial charge < -0.3 is 11.5 Å². The van der Waals surface area contributed by atoms with E-state index >= 15 is 0 Å². The molecule has 144 valence electrons. The van der Waals surface area contributed by atoms with Crippen LogP contribution in [0.2, 0.25) is 0 Å². The van der Waals surface area contributed by atoms with Crippen molar-refractivity contribution in [3.63, 3.8) is 0 Å². The van der Waals surface area contributed by atoms with Crippen LogP contribution in [0.3, 0.4) is 0 Å². The first-order chi connectivity index (χ1) is 14.1. The number of hydrogen-bond donors (Lipinski definition) is 2. The Morgan fingerprint density at radius 1 is 0.862 bits per heavy atom. The van der Waals surface area contributed by atoms with E-state index in [0.29, 0.717) is 23.8 Å². The molecule has 0 unspecified atom stereocenters. The normalized spacial score (nSPS) is 11.2. The van der Waals surface area contributed by atoms with Crippen LogP contribution in [0.15, 0.2) is 77.0 Å². The maximum absolute atomic E-state index is 6.07. The SMILES string of the molecule is Cc1cc(-c2nc(N)c(/N=N/c3ccccc3)c(N)n2)nn1Cc1ccccc1.